The maximum atomic E-state index is 10.7. The number of thioether (sulfide) groups is 1. The van der Waals surface area contributed by atoms with E-state index in [1.165, 1.54) is 11.8 Å². The number of hydrogen-bond acceptors (Lipinski definition) is 4. The molecule has 16 heavy (non-hydrogen) atoms. The van der Waals surface area contributed by atoms with E-state index in [0.717, 1.165) is 17.7 Å². The Morgan fingerprint density at radius 1 is 1.69 bits per heavy atom. The predicted molar refractivity (Wildman–Crippen MR) is 70.4 cm³/mol. The number of anilines is 1. The first kappa shape index (κ1) is 13.1. The topological polar surface area (TPSA) is 56.0 Å². The normalized spacial score (nSPS) is 10.9. The smallest absolute Gasteiger partial charge is 0.185 e. The highest BCUT2D eigenvalue weighted by molar-refractivity contribution is 8.13. The summed E-state index contributed by atoms with van der Waals surface area (Å²) in [6.07, 6.45) is 6.31. The summed E-state index contributed by atoms with van der Waals surface area (Å²) in [6.45, 7) is 1.56. The van der Waals surface area contributed by atoms with E-state index in [2.05, 4.69) is 4.98 Å². The molecule has 1 aromatic heterocycles. The van der Waals surface area contributed by atoms with E-state index in [1.54, 1.807) is 19.2 Å². The second-order valence-electron chi connectivity index (χ2n) is 3.17. The summed E-state index contributed by atoms with van der Waals surface area (Å²) in [7, 11) is 0. The number of halogens is 1. The number of nitrogen functional groups attached to an aromatic ring is 1. The van der Waals surface area contributed by atoms with Crippen LogP contribution in [0.25, 0.3) is 6.08 Å². The zero-order valence-corrected chi connectivity index (χ0v) is 10.5. The fourth-order valence-corrected chi connectivity index (χ4v) is 1.78. The van der Waals surface area contributed by atoms with Crippen molar-refractivity contribution < 1.29 is 4.79 Å². The highest BCUT2D eigenvalue weighted by Crippen LogP contribution is 2.16. The average Bonchev–Trinajstić information content (AvgIpc) is 2.20. The first-order valence-corrected chi connectivity index (χ1v) is 6.17. The molecule has 1 aromatic rings. The van der Waals surface area contributed by atoms with E-state index < -0.39 is 0 Å². The van der Waals surface area contributed by atoms with Gasteiger partial charge in [0.25, 0.3) is 0 Å². The van der Waals surface area contributed by atoms with Crippen molar-refractivity contribution in [2.75, 3.05) is 11.5 Å². The lowest BCUT2D eigenvalue weighted by atomic mass is 10.2. The second kappa shape index (κ2) is 6.55. The van der Waals surface area contributed by atoms with Gasteiger partial charge < -0.3 is 5.73 Å². The molecular formula is C11H13ClN2OS. The lowest BCUT2D eigenvalue weighted by molar-refractivity contribution is -0.109. The van der Waals surface area contributed by atoms with Crippen LogP contribution in [-0.2, 0) is 4.79 Å². The maximum absolute atomic E-state index is 10.7. The van der Waals surface area contributed by atoms with Crippen molar-refractivity contribution in [2.24, 2.45) is 0 Å². The predicted octanol–water partition coefficient (Wildman–Crippen LogP) is 3.00. The largest absolute Gasteiger partial charge is 0.398 e. The van der Waals surface area contributed by atoms with Gasteiger partial charge in [-0.05, 0) is 12.5 Å². The van der Waals surface area contributed by atoms with E-state index >= 15 is 0 Å². The van der Waals surface area contributed by atoms with Gasteiger partial charge in [0, 0.05) is 30.1 Å². The molecular weight excluding hydrogens is 244 g/mol. The summed E-state index contributed by atoms with van der Waals surface area (Å²) < 4.78 is 0. The number of nitrogens with two attached hydrogens (primary N) is 1. The molecule has 0 amide bonds. The Morgan fingerprint density at radius 3 is 3.06 bits per heavy atom. The highest BCUT2D eigenvalue weighted by Gasteiger charge is 1.97. The minimum Gasteiger partial charge on any atom is -0.398 e. The van der Waals surface area contributed by atoms with Crippen LogP contribution >= 0.6 is 23.4 Å². The van der Waals surface area contributed by atoms with Crippen molar-refractivity contribution in [1.29, 1.82) is 0 Å². The number of hydrogen-bond donors (Lipinski definition) is 1. The number of pyridine rings is 1. The summed E-state index contributed by atoms with van der Waals surface area (Å²) >= 11 is 6.99. The molecule has 0 radical (unpaired) electrons. The van der Waals surface area contributed by atoms with E-state index in [1.807, 2.05) is 12.2 Å². The van der Waals surface area contributed by atoms with Gasteiger partial charge in [0.1, 0.15) is 5.15 Å². The number of allylic oxidation sites excluding steroid dienone is 1. The Kier molecular flexibility index (Phi) is 5.35. The van der Waals surface area contributed by atoms with E-state index in [9.17, 15) is 4.79 Å². The van der Waals surface area contributed by atoms with Crippen molar-refractivity contribution in [3.8, 4) is 0 Å². The number of rotatable bonds is 4. The van der Waals surface area contributed by atoms with Gasteiger partial charge in [-0.25, -0.2) is 4.98 Å². The zero-order valence-electron chi connectivity index (χ0n) is 8.94. The summed E-state index contributed by atoms with van der Waals surface area (Å²) in [6, 6.07) is 1.62. The van der Waals surface area contributed by atoms with Crippen LogP contribution in [0.4, 0.5) is 5.69 Å². The van der Waals surface area contributed by atoms with Crippen LogP contribution in [0.2, 0.25) is 5.15 Å². The van der Waals surface area contributed by atoms with Gasteiger partial charge in [0.05, 0.1) is 0 Å². The molecule has 2 N–H and O–H groups in total. The molecule has 0 aliphatic carbocycles. The Balaban J connectivity index is 2.47. The molecule has 0 aliphatic heterocycles. The summed E-state index contributed by atoms with van der Waals surface area (Å²) in [4.78, 5) is 14.6. The van der Waals surface area contributed by atoms with Crippen molar-refractivity contribution in [3.63, 3.8) is 0 Å². The molecule has 0 aliphatic rings. The molecule has 0 saturated carbocycles. The van der Waals surface area contributed by atoms with Gasteiger partial charge in [0.2, 0.25) is 0 Å². The van der Waals surface area contributed by atoms with Gasteiger partial charge in [-0.2, -0.15) is 0 Å². The van der Waals surface area contributed by atoms with E-state index in [4.69, 9.17) is 17.3 Å². The summed E-state index contributed by atoms with van der Waals surface area (Å²) in [5.41, 5.74) is 7.20. The first-order chi connectivity index (χ1) is 7.59. The molecule has 1 rings (SSSR count). The van der Waals surface area contributed by atoms with Crippen molar-refractivity contribution in [1.82, 2.24) is 4.98 Å². The molecule has 0 aromatic carbocycles. The van der Waals surface area contributed by atoms with Gasteiger partial charge in [-0.15, -0.1) is 0 Å². The van der Waals surface area contributed by atoms with Gasteiger partial charge in [-0.1, -0.05) is 35.5 Å². The lowest BCUT2D eigenvalue weighted by Crippen LogP contribution is -1.90. The number of carbonyl (C=O) groups is 1. The molecule has 0 spiro atoms. The Bertz CT molecular complexity index is 407. The first-order valence-electron chi connectivity index (χ1n) is 4.80. The van der Waals surface area contributed by atoms with Crippen LogP contribution in [0.5, 0.6) is 0 Å². The van der Waals surface area contributed by atoms with Crippen LogP contribution < -0.4 is 5.73 Å². The molecule has 0 fully saturated rings. The monoisotopic (exact) mass is 256 g/mol. The Morgan fingerprint density at radius 2 is 2.44 bits per heavy atom. The Labute approximate surface area is 104 Å². The van der Waals surface area contributed by atoms with Crippen molar-refractivity contribution >= 4 is 40.2 Å². The van der Waals surface area contributed by atoms with Crippen LogP contribution in [0.15, 0.2) is 18.3 Å². The third-order valence-corrected chi connectivity index (χ3v) is 2.88. The number of aromatic nitrogens is 1. The molecule has 0 bridgehead atoms. The molecule has 0 atom stereocenters. The average molecular weight is 257 g/mol. The van der Waals surface area contributed by atoms with Crippen LogP contribution in [0, 0.1) is 0 Å². The molecule has 3 nitrogen and oxygen atoms in total. The van der Waals surface area contributed by atoms with E-state index in [0.29, 0.717) is 10.8 Å². The Hall–Kier alpha value is -1.00. The second-order valence-corrected chi connectivity index (χ2v) is 4.83. The fraction of sp³-hybridized carbons (Fsp3) is 0.273. The zero-order chi connectivity index (χ0) is 12.0. The molecule has 5 heteroatoms. The summed E-state index contributed by atoms with van der Waals surface area (Å²) in [5, 5.41) is 0.530. The molecule has 86 valence electrons. The van der Waals surface area contributed by atoms with E-state index in [-0.39, 0.29) is 5.12 Å². The van der Waals surface area contributed by atoms with Crippen LogP contribution in [-0.4, -0.2) is 15.9 Å². The lowest BCUT2D eigenvalue weighted by Gasteiger charge is -1.99. The fourth-order valence-electron chi connectivity index (χ4n) is 1.07. The highest BCUT2D eigenvalue weighted by atomic mass is 35.5. The quantitative estimate of drug-likeness (QED) is 0.665. The molecule has 1 heterocycles. The SMILES string of the molecule is CC(=O)SCCC=Cc1cnc(Cl)cc1N. The maximum Gasteiger partial charge on any atom is 0.185 e. The van der Waals surface area contributed by atoms with Gasteiger partial charge >= 0.3 is 0 Å². The minimum atomic E-state index is 0.140. The third-order valence-electron chi connectivity index (χ3n) is 1.82. The minimum absolute atomic E-state index is 0.140. The molecule has 0 saturated heterocycles. The standard InChI is InChI=1S/C11H13ClN2OS/c1-8(15)16-5-3-2-4-9-7-14-11(12)6-10(9)13/h2,4,6-7H,3,5H2,1H3,(H2,13,14). The van der Waals surface area contributed by atoms with Crippen molar-refractivity contribution in [3.05, 3.63) is 29.1 Å². The van der Waals surface area contributed by atoms with Crippen LogP contribution in [0.1, 0.15) is 18.9 Å². The summed E-state index contributed by atoms with van der Waals surface area (Å²) in [5.74, 6) is 0.784. The number of nitrogens with zero attached hydrogens (tertiary/aromatic N) is 1. The molecule has 0 unspecified atom stereocenters. The van der Waals surface area contributed by atoms with Gasteiger partial charge in [0.15, 0.2) is 5.12 Å². The third kappa shape index (κ3) is 4.68. The van der Waals surface area contributed by atoms with Crippen molar-refractivity contribution in [2.45, 2.75) is 13.3 Å². The van der Waals surface area contributed by atoms with Crippen LogP contribution in [0.3, 0.4) is 0 Å². The number of carbonyl (C=O) groups excluding carboxylic acids is 1. The van der Waals surface area contributed by atoms with Gasteiger partial charge in [-0.3, -0.25) is 4.79 Å².